The summed E-state index contributed by atoms with van der Waals surface area (Å²) in [6.45, 7) is 10.2. The van der Waals surface area contributed by atoms with E-state index in [9.17, 15) is 0 Å². The highest BCUT2D eigenvalue weighted by molar-refractivity contribution is 4.89. The van der Waals surface area contributed by atoms with Gasteiger partial charge in [0.15, 0.2) is 0 Å². The first-order valence-corrected chi connectivity index (χ1v) is 8.62. The Morgan fingerprint density at radius 2 is 1.58 bits per heavy atom. The van der Waals surface area contributed by atoms with Crippen molar-refractivity contribution >= 4 is 0 Å². The molecule has 0 saturated heterocycles. The molecule has 0 spiro atoms. The second-order valence-corrected chi connectivity index (χ2v) is 7.90. The first kappa shape index (κ1) is 13.9. The van der Waals surface area contributed by atoms with Gasteiger partial charge in [-0.25, -0.2) is 0 Å². The molecule has 1 atom stereocenters. The lowest BCUT2D eigenvalue weighted by atomic mass is 9.86. The predicted octanol–water partition coefficient (Wildman–Crippen LogP) is 3.28. The normalized spacial score (nSPS) is 26.7. The van der Waals surface area contributed by atoms with Crippen molar-refractivity contribution in [1.82, 2.24) is 10.2 Å². The monoisotopic (exact) mass is 264 g/mol. The number of hydrogen-bond acceptors (Lipinski definition) is 2. The van der Waals surface area contributed by atoms with Crippen LogP contribution in [0.3, 0.4) is 0 Å². The van der Waals surface area contributed by atoms with Crippen molar-refractivity contribution in [2.75, 3.05) is 26.2 Å². The Morgan fingerprint density at radius 3 is 2.00 bits per heavy atom. The average molecular weight is 264 g/mol. The zero-order valence-electron chi connectivity index (χ0n) is 13.0. The molecule has 0 aliphatic heterocycles. The lowest BCUT2D eigenvalue weighted by molar-refractivity contribution is 0.144. The van der Waals surface area contributed by atoms with E-state index in [1.807, 2.05) is 0 Å². The van der Waals surface area contributed by atoms with Gasteiger partial charge in [0.2, 0.25) is 0 Å². The first-order valence-electron chi connectivity index (χ1n) is 8.62. The maximum Gasteiger partial charge on any atom is 0.00684 e. The fourth-order valence-corrected chi connectivity index (χ4v) is 3.05. The Bertz CT molecular complexity index is 278. The van der Waals surface area contributed by atoms with Crippen LogP contribution in [0.15, 0.2) is 0 Å². The topological polar surface area (TPSA) is 15.3 Å². The van der Waals surface area contributed by atoms with Gasteiger partial charge in [0, 0.05) is 32.2 Å². The highest BCUT2D eigenvalue weighted by Crippen LogP contribution is 2.35. The summed E-state index contributed by atoms with van der Waals surface area (Å²) in [6.07, 6.45) is 10.1. The maximum atomic E-state index is 3.76. The van der Waals surface area contributed by atoms with E-state index in [2.05, 4.69) is 24.1 Å². The van der Waals surface area contributed by atoms with Gasteiger partial charge in [0.05, 0.1) is 0 Å². The van der Waals surface area contributed by atoms with Gasteiger partial charge in [-0.05, 0) is 62.2 Å². The fourth-order valence-electron chi connectivity index (χ4n) is 3.05. The highest BCUT2D eigenvalue weighted by atomic mass is 15.1. The van der Waals surface area contributed by atoms with E-state index in [0.29, 0.717) is 5.41 Å². The molecule has 3 aliphatic rings. The average Bonchev–Trinajstić information content (AvgIpc) is 3.24. The zero-order valence-corrected chi connectivity index (χ0v) is 13.0. The molecule has 0 aromatic heterocycles. The summed E-state index contributed by atoms with van der Waals surface area (Å²) in [4.78, 5) is 2.81. The third-order valence-corrected chi connectivity index (χ3v) is 5.28. The van der Waals surface area contributed by atoms with E-state index in [-0.39, 0.29) is 0 Å². The number of rotatable bonds is 10. The van der Waals surface area contributed by atoms with E-state index in [1.54, 1.807) is 0 Å². The summed E-state index contributed by atoms with van der Waals surface area (Å²) in [5.74, 6) is 2.08. The van der Waals surface area contributed by atoms with Crippen LogP contribution < -0.4 is 5.32 Å². The Morgan fingerprint density at radius 1 is 1.00 bits per heavy atom. The second-order valence-electron chi connectivity index (χ2n) is 7.90. The molecule has 3 aliphatic carbocycles. The van der Waals surface area contributed by atoms with Crippen LogP contribution in [0.5, 0.6) is 0 Å². The van der Waals surface area contributed by atoms with Crippen LogP contribution in [-0.2, 0) is 0 Å². The van der Waals surface area contributed by atoms with E-state index in [0.717, 1.165) is 17.9 Å². The Kier molecular flexibility index (Phi) is 4.19. The van der Waals surface area contributed by atoms with Crippen LogP contribution in [-0.4, -0.2) is 37.1 Å². The van der Waals surface area contributed by atoms with Crippen LogP contribution in [0, 0.1) is 17.3 Å². The van der Waals surface area contributed by atoms with Crippen LogP contribution in [0.2, 0.25) is 0 Å². The minimum Gasteiger partial charge on any atom is -0.313 e. The molecule has 2 nitrogen and oxygen atoms in total. The van der Waals surface area contributed by atoms with Gasteiger partial charge in [-0.15, -0.1) is 0 Å². The molecule has 3 saturated carbocycles. The predicted molar refractivity (Wildman–Crippen MR) is 81.3 cm³/mol. The molecule has 1 unspecified atom stereocenters. The van der Waals surface area contributed by atoms with E-state index in [4.69, 9.17) is 0 Å². The quantitative estimate of drug-likeness (QED) is 0.651. The molecule has 0 radical (unpaired) electrons. The summed E-state index contributed by atoms with van der Waals surface area (Å²) >= 11 is 0. The van der Waals surface area contributed by atoms with Crippen LogP contribution in [0.25, 0.3) is 0 Å². The molecule has 2 heteroatoms. The molecular weight excluding hydrogens is 232 g/mol. The molecule has 0 bridgehead atoms. The number of hydrogen-bond donors (Lipinski definition) is 1. The zero-order chi connectivity index (χ0) is 13.3. The molecule has 3 rings (SSSR count). The van der Waals surface area contributed by atoms with Crippen molar-refractivity contribution < 1.29 is 0 Å². The van der Waals surface area contributed by atoms with Gasteiger partial charge >= 0.3 is 0 Å². The van der Waals surface area contributed by atoms with Crippen molar-refractivity contribution in [3.05, 3.63) is 0 Å². The Hall–Kier alpha value is -0.0800. The van der Waals surface area contributed by atoms with E-state index in [1.165, 1.54) is 71.1 Å². The van der Waals surface area contributed by atoms with Crippen molar-refractivity contribution in [3.8, 4) is 0 Å². The van der Waals surface area contributed by atoms with Crippen LogP contribution >= 0.6 is 0 Å². The molecular formula is C17H32N2. The summed E-state index contributed by atoms with van der Waals surface area (Å²) in [5, 5.41) is 3.76. The Labute approximate surface area is 119 Å². The van der Waals surface area contributed by atoms with Gasteiger partial charge in [-0.3, -0.25) is 0 Å². The van der Waals surface area contributed by atoms with Crippen molar-refractivity contribution in [3.63, 3.8) is 0 Å². The van der Waals surface area contributed by atoms with E-state index >= 15 is 0 Å². The van der Waals surface area contributed by atoms with Gasteiger partial charge in [-0.1, -0.05) is 13.8 Å². The first-order chi connectivity index (χ1) is 9.17. The third kappa shape index (κ3) is 4.75. The summed E-state index contributed by atoms with van der Waals surface area (Å²) < 4.78 is 0. The molecule has 0 aromatic carbocycles. The summed E-state index contributed by atoms with van der Waals surface area (Å²) in [7, 11) is 0. The van der Waals surface area contributed by atoms with Crippen molar-refractivity contribution in [2.45, 2.75) is 64.8 Å². The lowest BCUT2D eigenvalue weighted by Gasteiger charge is -2.35. The van der Waals surface area contributed by atoms with Crippen molar-refractivity contribution in [1.29, 1.82) is 0 Å². The van der Waals surface area contributed by atoms with E-state index < -0.39 is 0 Å². The van der Waals surface area contributed by atoms with Crippen LogP contribution in [0.1, 0.15) is 58.8 Å². The largest absolute Gasteiger partial charge is 0.313 e. The smallest absolute Gasteiger partial charge is 0.00684 e. The molecule has 110 valence electrons. The lowest BCUT2D eigenvalue weighted by Crippen LogP contribution is -2.44. The Balaban J connectivity index is 1.49. The van der Waals surface area contributed by atoms with Crippen molar-refractivity contribution in [2.24, 2.45) is 17.3 Å². The summed E-state index contributed by atoms with van der Waals surface area (Å²) in [6, 6.07) is 0.853. The number of nitrogens with one attached hydrogen (secondary N) is 1. The molecule has 0 heterocycles. The highest BCUT2D eigenvalue weighted by Gasteiger charge is 2.34. The van der Waals surface area contributed by atoms with Gasteiger partial charge in [0.1, 0.15) is 0 Å². The SMILES string of the molecule is CCC(C)(CNC1CC1)CN(CC1CC1)CC1CC1. The van der Waals surface area contributed by atoms with Crippen LogP contribution in [0.4, 0.5) is 0 Å². The molecule has 0 aromatic rings. The van der Waals surface area contributed by atoms with Gasteiger partial charge in [0.25, 0.3) is 0 Å². The minimum absolute atomic E-state index is 0.479. The fraction of sp³-hybridized carbons (Fsp3) is 1.00. The standard InChI is InChI=1S/C17H32N2/c1-3-17(2,12-18-16-8-9-16)13-19(10-14-4-5-14)11-15-6-7-15/h14-16,18H,3-13H2,1-2H3. The number of nitrogens with zero attached hydrogens (tertiary/aromatic N) is 1. The molecule has 3 fully saturated rings. The molecule has 1 N–H and O–H groups in total. The minimum atomic E-state index is 0.479. The maximum absolute atomic E-state index is 3.76. The third-order valence-electron chi connectivity index (χ3n) is 5.28. The summed E-state index contributed by atoms with van der Waals surface area (Å²) in [5.41, 5.74) is 0.479. The second kappa shape index (κ2) is 5.73. The molecule has 0 amide bonds. The molecule has 19 heavy (non-hydrogen) atoms. The van der Waals surface area contributed by atoms with Gasteiger partial charge in [-0.2, -0.15) is 0 Å². The van der Waals surface area contributed by atoms with Gasteiger partial charge < -0.3 is 10.2 Å².